The van der Waals surface area contributed by atoms with Gasteiger partial charge in [0.25, 0.3) is 0 Å². The molecule has 3 heteroatoms. The van der Waals surface area contributed by atoms with Crippen LogP contribution in [0.15, 0.2) is 218 Å². The Morgan fingerprint density at radius 3 is 1.54 bits per heavy atom. The van der Waals surface area contributed by atoms with Crippen molar-refractivity contribution >= 4 is 17.1 Å². The first-order valence-electron chi connectivity index (χ1n) is 22.7. The molecule has 0 saturated carbocycles. The van der Waals surface area contributed by atoms with Gasteiger partial charge < -0.3 is 14.4 Å². The lowest BCUT2D eigenvalue weighted by atomic mass is 9.67. The third-order valence-electron chi connectivity index (χ3n) is 13.3. The summed E-state index contributed by atoms with van der Waals surface area (Å²) in [4.78, 5) is 2.34. The maximum atomic E-state index is 6.57. The van der Waals surface area contributed by atoms with E-state index in [1.165, 1.54) is 44.5 Å². The van der Waals surface area contributed by atoms with Crippen LogP contribution in [0.25, 0.3) is 33.4 Å². The van der Waals surface area contributed by atoms with Gasteiger partial charge in [0.15, 0.2) is 0 Å². The molecule has 0 bridgehead atoms. The predicted octanol–water partition coefficient (Wildman–Crippen LogP) is 16.5. The van der Waals surface area contributed by atoms with Crippen LogP contribution in [0.4, 0.5) is 17.1 Å². The molecule has 1 aliphatic heterocycles. The fourth-order valence-electron chi connectivity index (χ4n) is 10.4. The molecule has 65 heavy (non-hydrogen) atoms. The summed E-state index contributed by atoms with van der Waals surface area (Å²) in [5, 5.41) is 0. The van der Waals surface area contributed by atoms with Crippen LogP contribution in [-0.4, -0.2) is 5.60 Å². The molecule has 0 radical (unpaired) electrons. The molecule has 0 atom stereocenters. The number of para-hydroxylation sites is 1. The normalized spacial score (nSPS) is 14.0. The Labute approximate surface area is 383 Å². The van der Waals surface area contributed by atoms with Crippen molar-refractivity contribution in [2.75, 3.05) is 4.90 Å². The van der Waals surface area contributed by atoms with Gasteiger partial charge in [-0.25, -0.2) is 0 Å². The second-order valence-electron chi connectivity index (χ2n) is 18.9. The molecule has 0 N–H and O–H groups in total. The molecule has 0 unspecified atom stereocenters. The van der Waals surface area contributed by atoms with Gasteiger partial charge in [-0.05, 0) is 137 Å². The number of ether oxygens (including phenoxy) is 2. The molecule has 0 saturated heterocycles. The van der Waals surface area contributed by atoms with Gasteiger partial charge in [0.05, 0.1) is 5.41 Å². The van der Waals surface area contributed by atoms with Crippen molar-refractivity contribution in [2.45, 2.75) is 51.0 Å². The van der Waals surface area contributed by atoms with Gasteiger partial charge >= 0.3 is 0 Å². The molecule has 9 aromatic carbocycles. The van der Waals surface area contributed by atoms with Crippen molar-refractivity contribution in [3.05, 3.63) is 252 Å². The quantitative estimate of drug-likeness (QED) is 0.152. The number of anilines is 3. The van der Waals surface area contributed by atoms with Crippen molar-refractivity contribution in [1.29, 1.82) is 0 Å². The number of fused-ring (bicyclic) bond motifs is 5. The Balaban J connectivity index is 0.990. The van der Waals surface area contributed by atoms with Crippen molar-refractivity contribution in [1.82, 2.24) is 0 Å². The molecule has 1 heterocycles. The van der Waals surface area contributed by atoms with Crippen LogP contribution < -0.4 is 14.4 Å². The Morgan fingerprint density at radius 1 is 0.400 bits per heavy atom. The molecule has 3 nitrogen and oxygen atoms in total. The smallest absolute Gasteiger partial charge is 0.132 e. The van der Waals surface area contributed by atoms with E-state index in [-0.39, 0.29) is 11.0 Å². The molecule has 316 valence electrons. The molecule has 11 rings (SSSR count). The topological polar surface area (TPSA) is 21.7 Å². The van der Waals surface area contributed by atoms with E-state index in [2.05, 4.69) is 252 Å². The monoisotopic (exact) mass is 841 g/mol. The van der Waals surface area contributed by atoms with Crippen LogP contribution in [0, 0.1) is 0 Å². The molecule has 0 fully saturated rings. The fraction of sp³-hybridized carbons (Fsp3) is 0.129. The first-order valence-corrected chi connectivity index (χ1v) is 22.7. The zero-order valence-corrected chi connectivity index (χ0v) is 37.5. The lowest BCUT2D eigenvalue weighted by Crippen LogP contribution is -2.28. The van der Waals surface area contributed by atoms with Crippen LogP contribution in [0.1, 0.15) is 68.0 Å². The highest BCUT2D eigenvalue weighted by Gasteiger charge is 2.45. The zero-order chi connectivity index (χ0) is 44.3. The molecule has 2 aliphatic rings. The Bertz CT molecular complexity index is 3170. The van der Waals surface area contributed by atoms with Gasteiger partial charge in [0, 0.05) is 33.6 Å². The summed E-state index contributed by atoms with van der Waals surface area (Å²) in [7, 11) is 0. The summed E-state index contributed by atoms with van der Waals surface area (Å²) in [6.45, 7) is 10.8. The first kappa shape index (κ1) is 40.2. The minimum Gasteiger partial charge on any atom is -0.488 e. The highest BCUT2D eigenvalue weighted by Crippen LogP contribution is 2.56. The van der Waals surface area contributed by atoms with Gasteiger partial charge in [-0.15, -0.1) is 0 Å². The Kier molecular flexibility index (Phi) is 9.62. The average Bonchev–Trinajstić information content (AvgIpc) is 3.63. The molecular formula is C62H51NO2. The fourth-order valence-corrected chi connectivity index (χ4v) is 10.4. The summed E-state index contributed by atoms with van der Waals surface area (Å²) in [5.74, 6) is 2.65. The van der Waals surface area contributed by atoms with E-state index >= 15 is 0 Å². The van der Waals surface area contributed by atoms with E-state index in [0.29, 0.717) is 0 Å². The number of benzene rings is 9. The summed E-state index contributed by atoms with van der Waals surface area (Å²) < 4.78 is 12.8. The van der Waals surface area contributed by atoms with E-state index in [1.54, 1.807) is 0 Å². The predicted molar refractivity (Wildman–Crippen MR) is 268 cm³/mol. The molecular weight excluding hydrogens is 791 g/mol. The lowest BCUT2D eigenvalue weighted by Gasteiger charge is -2.34. The second kappa shape index (κ2) is 15.6. The Hall–Kier alpha value is -7.62. The molecule has 1 aliphatic carbocycles. The highest BCUT2D eigenvalue weighted by molar-refractivity contribution is 5.87. The first-order chi connectivity index (χ1) is 31.6. The second-order valence-corrected chi connectivity index (χ2v) is 18.9. The van der Waals surface area contributed by atoms with E-state index in [9.17, 15) is 0 Å². The van der Waals surface area contributed by atoms with Crippen molar-refractivity contribution in [3.8, 4) is 50.6 Å². The van der Waals surface area contributed by atoms with Gasteiger partial charge in [-0.1, -0.05) is 172 Å². The minimum absolute atomic E-state index is 0.174. The summed E-state index contributed by atoms with van der Waals surface area (Å²) in [6, 6.07) is 79.3. The standard InChI is InChI=1S/C62H51NO2/c1-60(2,3)65-51-36-34-48(35-37-51)63(50-22-16-18-44(40-50)45-31-38-57-59(41-45)64-58-28-14-13-27-56(58)61(57,4)5)49-21-15-17-43(39-49)42-29-32-47(33-30-42)62(46-19-7-6-8-20-46)54-25-11-9-23-52(54)53-24-10-12-26-55(53)62/h6-41H,1-5H3. The molecule has 0 aromatic heterocycles. The van der Waals surface area contributed by atoms with Gasteiger partial charge in [0.1, 0.15) is 22.8 Å². The van der Waals surface area contributed by atoms with Gasteiger partial charge in [0.2, 0.25) is 0 Å². The highest BCUT2D eigenvalue weighted by atomic mass is 16.5. The third kappa shape index (κ3) is 6.91. The molecule has 0 amide bonds. The van der Waals surface area contributed by atoms with Crippen LogP contribution >= 0.6 is 0 Å². The molecule has 0 spiro atoms. The summed E-state index contributed by atoms with van der Waals surface area (Å²) >= 11 is 0. The van der Waals surface area contributed by atoms with Crippen LogP contribution in [-0.2, 0) is 10.8 Å². The van der Waals surface area contributed by atoms with E-state index < -0.39 is 5.41 Å². The third-order valence-corrected chi connectivity index (χ3v) is 13.3. The van der Waals surface area contributed by atoms with Gasteiger partial charge in [-0.2, -0.15) is 0 Å². The van der Waals surface area contributed by atoms with Crippen LogP contribution in [0.2, 0.25) is 0 Å². The number of hydrogen-bond acceptors (Lipinski definition) is 3. The number of rotatable bonds is 8. The average molecular weight is 842 g/mol. The van der Waals surface area contributed by atoms with E-state index in [4.69, 9.17) is 9.47 Å². The maximum Gasteiger partial charge on any atom is 0.132 e. The number of nitrogens with zero attached hydrogens (tertiary/aromatic N) is 1. The van der Waals surface area contributed by atoms with Crippen LogP contribution in [0.3, 0.4) is 0 Å². The molecule has 9 aromatic rings. The van der Waals surface area contributed by atoms with Crippen LogP contribution in [0.5, 0.6) is 17.2 Å². The SMILES string of the molecule is CC(C)(C)Oc1ccc(N(c2cccc(-c3ccc(C4(c5ccccc5)c5ccccc5-c5ccccc54)cc3)c2)c2cccc(-c3ccc4c(c3)Oc3ccccc3C4(C)C)c2)cc1. The zero-order valence-electron chi connectivity index (χ0n) is 37.5. The van der Waals surface area contributed by atoms with E-state index in [0.717, 1.165) is 56.6 Å². The maximum absolute atomic E-state index is 6.57. The van der Waals surface area contributed by atoms with Crippen molar-refractivity contribution in [3.63, 3.8) is 0 Å². The minimum atomic E-state index is -0.440. The lowest BCUT2D eigenvalue weighted by molar-refractivity contribution is 0.131. The Morgan fingerprint density at radius 2 is 0.908 bits per heavy atom. The van der Waals surface area contributed by atoms with E-state index in [1.807, 2.05) is 6.07 Å². The van der Waals surface area contributed by atoms with Crippen molar-refractivity contribution < 1.29 is 9.47 Å². The number of hydrogen-bond donors (Lipinski definition) is 0. The largest absolute Gasteiger partial charge is 0.488 e. The summed E-state index contributed by atoms with van der Waals surface area (Å²) in [5.41, 5.74) is 16.8. The van der Waals surface area contributed by atoms with Crippen molar-refractivity contribution in [2.24, 2.45) is 0 Å². The summed E-state index contributed by atoms with van der Waals surface area (Å²) in [6.07, 6.45) is 0. The van der Waals surface area contributed by atoms with Gasteiger partial charge in [-0.3, -0.25) is 0 Å².